The molecule has 0 saturated carbocycles. The number of hydrogen-bond donors (Lipinski definition) is 1. The van der Waals surface area contributed by atoms with Crippen LogP contribution in [0.3, 0.4) is 0 Å². The van der Waals surface area contributed by atoms with Gasteiger partial charge in [-0.1, -0.05) is 24.6 Å². The third kappa shape index (κ3) is 3.98. The van der Waals surface area contributed by atoms with Crippen molar-refractivity contribution in [2.45, 2.75) is 39.3 Å². The highest BCUT2D eigenvalue weighted by Gasteiger charge is 2.16. The van der Waals surface area contributed by atoms with Gasteiger partial charge < -0.3 is 5.32 Å². The fourth-order valence-corrected chi connectivity index (χ4v) is 1.46. The first kappa shape index (κ1) is 13.9. The molecule has 1 aromatic carbocycles. The summed E-state index contributed by atoms with van der Waals surface area (Å²) in [5.74, 6) is 0. The van der Waals surface area contributed by atoms with E-state index in [2.05, 4.69) is 26.1 Å². The van der Waals surface area contributed by atoms with E-state index in [1.807, 2.05) is 0 Å². The molecule has 0 aliphatic rings. The van der Waals surface area contributed by atoms with Gasteiger partial charge in [0.2, 0.25) is 0 Å². The minimum absolute atomic E-state index is 0.0222. The molecule has 1 rings (SSSR count). The summed E-state index contributed by atoms with van der Waals surface area (Å²) in [7, 11) is 0. The molecule has 0 atom stereocenters. The summed E-state index contributed by atoms with van der Waals surface area (Å²) in [4.78, 5) is 10.3. The number of halogens is 1. The summed E-state index contributed by atoms with van der Waals surface area (Å²) in [5.41, 5.74) is 0.844. The van der Waals surface area contributed by atoms with Crippen molar-refractivity contribution >= 4 is 17.3 Å². The minimum atomic E-state index is -0.462. The summed E-state index contributed by atoms with van der Waals surface area (Å²) in [5, 5.41) is 14.3. The average molecular weight is 257 g/mol. The normalized spacial score (nSPS) is 11.5. The predicted octanol–water partition coefficient (Wildman–Crippen LogP) is 3.53. The van der Waals surface area contributed by atoms with Gasteiger partial charge in [0.05, 0.1) is 4.92 Å². The molecule has 1 N–H and O–H groups in total. The molecule has 0 aromatic heterocycles. The van der Waals surface area contributed by atoms with Gasteiger partial charge in [0.25, 0.3) is 5.69 Å². The largest absolute Gasteiger partial charge is 0.308 e. The zero-order valence-electron chi connectivity index (χ0n) is 10.3. The summed E-state index contributed by atoms with van der Waals surface area (Å²) in [6.07, 6.45) is 0.989. The molecule has 5 heteroatoms. The van der Waals surface area contributed by atoms with Crippen LogP contribution in [0.25, 0.3) is 0 Å². The highest BCUT2D eigenvalue weighted by atomic mass is 35.5. The second-order valence-electron chi connectivity index (χ2n) is 4.63. The Hall–Kier alpha value is -1.13. The summed E-state index contributed by atoms with van der Waals surface area (Å²) in [6, 6.07) is 4.88. The Labute approximate surface area is 106 Å². The number of rotatable bonds is 5. The van der Waals surface area contributed by atoms with Crippen LogP contribution in [-0.4, -0.2) is 10.5 Å². The van der Waals surface area contributed by atoms with E-state index in [0.29, 0.717) is 6.54 Å². The van der Waals surface area contributed by atoms with Crippen molar-refractivity contribution < 1.29 is 4.92 Å². The lowest BCUT2D eigenvalue weighted by atomic mass is 10.0. The maximum Gasteiger partial charge on any atom is 0.288 e. The van der Waals surface area contributed by atoms with Gasteiger partial charge >= 0.3 is 0 Å². The third-order valence-electron chi connectivity index (χ3n) is 2.86. The summed E-state index contributed by atoms with van der Waals surface area (Å²) < 4.78 is 0. The van der Waals surface area contributed by atoms with E-state index < -0.39 is 4.92 Å². The van der Waals surface area contributed by atoms with Gasteiger partial charge in [-0.2, -0.15) is 0 Å². The van der Waals surface area contributed by atoms with Crippen molar-refractivity contribution in [3.05, 3.63) is 38.9 Å². The van der Waals surface area contributed by atoms with Crippen molar-refractivity contribution in [2.24, 2.45) is 0 Å². The van der Waals surface area contributed by atoms with Crippen LogP contribution in [0.1, 0.15) is 32.8 Å². The zero-order chi connectivity index (χ0) is 13.1. The second kappa shape index (κ2) is 5.47. The first-order valence-corrected chi connectivity index (χ1v) is 5.91. The van der Waals surface area contributed by atoms with Crippen LogP contribution in [0.4, 0.5) is 5.69 Å². The molecule has 0 aliphatic heterocycles. The van der Waals surface area contributed by atoms with Crippen LogP contribution in [0, 0.1) is 10.1 Å². The Morgan fingerprint density at radius 1 is 1.47 bits per heavy atom. The fraction of sp³-hybridized carbons (Fsp3) is 0.500. The number of nitro benzene ring substituents is 1. The van der Waals surface area contributed by atoms with Crippen molar-refractivity contribution in [2.75, 3.05) is 0 Å². The van der Waals surface area contributed by atoms with Crippen LogP contribution in [-0.2, 0) is 6.54 Å². The van der Waals surface area contributed by atoms with Crippen LogP contribution < -0.4 is 5.32 Å². The Bertz CT molecular complexity index is 419. The van der Waals surface area contributed by atoms with E-state index in [0.717, 1.165) is 12.0 Å². The summed E-state index contributed by atoms with van der Waals surface area (Å²) in [6.45, 7) is 6.88. The molecule has 0 aliphatic carbocycles. The van der Waals surface area contributed by atoms with Crippen molar-refractivity contribution in [1.82, 2.24) is 5.32 Å². The Morgan fingerprint density at radius 3 is 2.65 bits per heavy atom. The van der Waals surface area contributed by atoms with E-state index in [9.17, 15) is 10.1 Å². The van der Waals surface area contributed by atoms with Crippen LogP contribution in [0.5, 0.6) is 0 Å². The highest BCUT2D eigenvalue weighted by molar-refractivity contribution is 6.32. The topological polar surface area (TPSA) is 55.2 Å². The van der Waals surface area contributed by atoms with Gasteiger partial charge in [-0.15, -0.1) is 0 Å². The quantitative estimate of drug-likeness (QED) is 0.648. The smallest absolute Gasteiger partial charge is 0.288 e. The molecule has 0 radical (unpaired) electrons. The summed E-state index contributed by atoms with van der Waals surface area (Å²) >= 11 is 5.75. The molecule has 0 bridgehead atoms. The average Bonchev–Trinajstić information content (AvgIpc) is 2.27. The Kier molecular flexibility index (Phi) is 4.48. The molecule has 0 fully saturated rings. The SMILES string of the molecule is CCC(C)(C)NCc1ccc(Cl)c([N+](=O)[O-])c1. The van der Waals surface area contributed by atoms with E-state index in [1.54, 1.807) is 12.1 Å². The van der Waals surface area contributed by atoms with Crippen LogP contribution in [0.15, 0.2) is 18.2 Å². The molecule has 0 spiro atoms. The minimum Gasteiger partial charge on any atom is -0.308 e. The fourth-order valence-electron chi connectivity index (χ4n) is 1.27. The molecule has 94 valence electrons. The van der Waals surface area contributed by atoms with Gasteiger partial charge in [-0.25, -0.2) is 0 Å². The first-order valence-electron chi connectivity index (χ1n) is 5.53. The molecule has 0 amide bonds. The number of benzene rings is 1. The van der Waals surface area contributed by atoms with Gasteiger partial charge in [0.1, 0.15) is 5.02 Å². The molecule has 0 heterocycles. The maximum absolute atomic E-state index is 10.7. The Morgan fingerprint density at radius 2 is 2.12 bits per heavy atom. The molecular weight excluding hydrogens is 240 g/mol. The van der Waals surface area contributed by atoms with E-state index in [1.165, 1.54) is 6.07 Å². The molecule has 17 heavy (non-hydrogen) atoms. The third-order valence-corrected chi connectivity index (χ3v) is 3.18. The van der Waals surface area contributed by atoms with E-state index in [4.69, 9.17) is 11.6 Å². The monoisotopic (exact) mass is 256 g/mol. The molecular formula is C12H17ClN2O2. The van der Waals surface area contributed by atoms with Crippen LogP contribution in [0.2, 0.25) is 5.02 Å². The number of hydrogen-bond acceptors (Lipinski definition) is 3. The van der Waals surface area contributed by atoms with Crippen LogP contribution >= 0.6 is 11.6 Å². The number of nitrogens with one attached hydrogen (secondary N) is 1. The standard InChI is InChI=1S/C12H17ClN2O2/c1-4-12(2,3)14-8-9-5-6-10(13)11(7-9)15(16)17/h5-7,14H,4,8H2,1-3H3. The lowest BCUT2D eigenvalue weighted by Crippen LogP contribution is -2.37. The highest BCUT2D eigenvalue weighted by Crippen LogP contribution is 2.25. The van der Waals surface area contributed by atoms with Gasteiger partial charge in [0.15, 0.2) is 0 Å². The molecule has 1 aromatic rings. The van der Waals surface area contributed by atoms with Gasteiger partial charge in [-0.05, 0) is 31.9 Å². The van der Waals surface area contributed by atoms with Crippen molar-refractivity contribution in [1.29, 1.82) is 0 Å². The lowest BCUT2D eigenvalue weighted by Gasteiger charge is -2.24. The first-order chi connectivity index (χ1) is 7.85. The molecule has 4 nitrogen and oxygen atoms in total. The van der Waals surface area contributed by atoms with Crippen molar-refractivity contribution in [3.63, 3.8) is 0 Å². The van der Waals surface area contributed by atoms with Gasteiger partial charge in [-0.3, -0.25) is 10.1 Å². The molecule has 0 saturated heterocycles. The zero-order valence-corrected chi connectivity index (χ0v) is 11.0. The maximum atomic E-state index is 10.7. The number of nitro groups is 1. The predicted molar refractivity (Wildman–Crippen MR) is 69.3 cm³/mol. The van der Waals surface area contributed by atoms with E-state index in [-0.39, 0.29) is 16.2 Å². The molecule has 0 unspecified atom stereocenters. The lowest BCUT2D eigenvalue weighted by molar-refractivity contribution is -0.384. The second-order valence-corrected chi connectivity index (χ2v) is 5.04. The Balaban J connectivity index is 2.80. The van der Waals surface area contributed by atoms with Crippen molar-refractivity contribution in [3.8, 4) is 0 Å². The van der Waals surface area contributed by atoms with Gasteiger partial charge in [0, 0.05) is 18.2 Å². The van der Waals surface area contributed by atoms with E-state index >= 15 is 0 Å². The number of nitrogens with zero attached hydrogens (tertiary/aromatic N) is 1.